The van der Waals surface area contributed by atoms with Gasteiger partial charge in [0.15, 0.2) is 0 Å². The number of nitrogens with two attached hydrogens (primary N) is 1. The molecule has 1 aliphatic carbocycles. The molecule has 1 aromatic rings. The fourth-order valence-electron chi connectivity index (χ4n) is 2.43. The molecule has 2 atom stereocenters. The maximum atomic E-state index is 6.17. The quantitative estimate of drug-likeness (QED) is 0.756. The van der Waals surface area contributed by atoms with Crippen molar-refractivity contribution in [2.45, 2.75) is 25.7 Å². The second-order valence-corrected chi connectivity index (χ2v) is 4.57. The largest absolute Gasteiger partial charge is 0.330 e. The molecule has 2 heteroatoms. The Balaban J connectivity index is 2.46. The molecule has 0 aliphatic heterocycles. The predicted molar refractivity (Wildman–Crippen MR) is 60.7 cm³/mol. The van der Waals surface area contributed by atoms with E-state index in [9.17, 15) is 0 Å². The topological polar surface area (TPSA) is 26.0 Å². The van der Waals surface area contributed by atoms with Crippen LogP contribution in [0.3, 0.4) is 0 Å². The van der Waals surface area contributed by atoms with E-state index in [1.54, 1.807) is 0 Å². The van der Waals surface area contributed by atoms with E-state index in [0.29, 0.717) is 11.8 Å². The van der Waals surface area contributed by atoms with Gasteiger partial charge in [-0.2, -0.15) is 0 Å². The van der Waals surface area contributed by atoms with E-state index >= 15 is 0 Å². The van der Waals surface area contributed by atoms with Gasteiger partial charge in [0.05, 0.1) is 0 Å². The summed E-state index contributed by atoms with van der Waals surface area (Å²) in [6, 6.07) is 6.18. The summed E-state index contributed by atoms with van der Waals surface area (Å²) in [5.41, 5.74) is 8.51. The lowest BCUT2D eigenvalue weighted by Crippen LogP contribution is -2.25. The molecule has 14 heavy (non-hydrogen) atoms. The molecule has 1 nitrogen and oxygen atoms in total. The molecule has 0 aromatic heterocycles. The highest BCUT2D eigenvalue weighted by Gasteiger charge is 2.26. The zero-order valence-corrected chi connectivity index (χ0v) is 9.22. The normalized spacial score (nSPS) is 25.9. The third-order valence-electron chi connectivity index (χ3n) is 3.35. The monoisotopic (exact) mass is 209 g/mol. The van der Waals surface area contributed by atoms with E-state index in [-0.39, 0.29) is 0 Å². The summed E-state index contributed by atoms with van der Waals surface area (Å²) in [5.74, 6) is 1.18. The second kappa shape index (κ2) is 3.92. The van der Waals surface area contributed by atoms with Gasteiger partial charge in [-0.05, 0) is 48.4 Å². The standard InChI is InChI=1S/C12H16ClN/c1-8-5-6-10-9(11(8)7-14)3-2-4-12(10)13/h2-4,8,11H,5-7,14H2,1H3. The molecule has 1 aromatic carbocycles. The van der Waals surface area contributed by atoms with Crippen molar-refractivity contribution in [3.05, 3.63) is 34.3 Å². The summed E-state index contributed by atoms with van der Waals surface area (Å²) in [4.78, 5) is 0. The van der Waals surface area contributed by atoms with Crippen molar-refractivity contribution in [2.75, 3.05) is 6.54 Å². The first-order chi connectivity index (χ1) is 6.74. The molecule has 2 unspecified atom stereocenters. The Morgan fingerprint density at radius 1 is 1.50 bits per heavy atom. The van der Waals surface area contributed by atoms with Crippen LogP contribution in [-0.2, 0) is 6.42 Å². The molecule has 0 saturated heterocycles. The van der Waals surface area contributed by atoms with Crippen molar-refractivity contribution in [1.82, 2.24) is 0 Å². The smallest absolute Gasteiger partial charge is 0.0440 e. The molecule has 0 amide bonds. The number of hydrogen-bond donors (Lipinski definition) is 1. The molecular formula is C12H16ClN. The first-order valence-corrected chi connectivity index (χ1v) is 5.59. The number of fused-ring (bicyclic) bond motifs is 1. The van der Waals surface area contributed by atoms with Gasteiger partial charge in [0, 0.05) is 5.02 Å². The van der Waals surface area contributed by atoms with Crippen molar-refractivity contribution in [3.8, 4) is 0 Å². The Labute approximate surface area is 90.3 Å². The highest BCUT2D eigenvalue weighted by Crippen LogP contribution is 2.38. The zero-order chi connectivity index (χ0) is 10.1. The maximum absolute atomic E-state index is 6.17. The summed E-state index contributed by atoms with van der Waals surface area (Å²) in [5, 5.41) is 0.910. The fourth-order valence-corrected chi connectivity index (χ4v) is 2.70. The Morgan fingerprint density at radius 3 is 3.00 bits per heavy atom. The van der Waals surface area contributed by atoms with Crippen molar-refractivity contribution >= 4 is 11.6 Å². The molecule has 0 fully saturated rings. The maximum Gasteiger partial charge on any atom is 0.0440 e. The average Bonchev–Trinajstić information content (AvgIpc) is 2.18. The molecule has 2 rings (SSSR count). The molecule has 2 N–H and O–H groups in total. The molecule has 0 radical (unpaired) electrons. The zero-order valence-electron chi connectivity index (χ0n) is 8.46. The van der Waals surface area contributed by atoms with Crippen LogP contribution in [0.2, 0.25) is 5.02 Å². The van der Waals surface area contributed by atoms with Crippen LogP contribution in [0.1, 0.15) is 30.4 Å². The van der Waals surface area contributed by atoms with Crippen LogP contribution in [0, 0.1) is 5.92 Å². The highest BCUT2D eigenvalue weighted by molar-refractivity contribution is 6.31. The lowest BCUT2D eigenvalue weighted by atomic mass is 9.76. The van der Waals surface area contributed by atoms with E-state index < -0.39 is 0 Å². The summed E-state index contributed by atoms with van der Waals surface area (Å²) in [6.45, 7) is 3.01. The highest BCUT2D eigenvalue weighted by atomic mass is 35.5. The van der Waals surface area contributed by atoms with Crippen LogP contribution >= 0.6 is 11.6 Å². The molecule has 0 spiro atoms. The minimum atomic E-state index is 0.498. The van der Waals surface area contributed by atoms with Gasteiger partial charge in [-0.3, -0.25) is 0 Å². The molecule has 1 aliphatic rings. The summed E-state index contributed by atoms with van der Waals surface area (Å²) >= 11 is 6.17. The first kappa shape index (κ1) is 10.0. The third-order valence-corrected chi connectivity index (χ3v) is 3.70. The molecule has 0 saturated carbocycles. The van der Waals surface area contributed by atoms with E-state index in [0.717, 1.165) is 18.0 Å². The van der Waals surface area contributed by atoms with E-state index in [4.69, 9.17) is 17.3 Å². The van der Waals surface area contributed by atoms with Gasteiger partial charge in [-0.15, -0.1) is 0 Å². The van der Waals surface area contributed by atoms with Gasteiger partial charge in [-0.25, -0.2) is 0 Å². The van der Waals surface area contributed by atoms with Gasteiger partial charge in [0.2, 0.25) is 0 Å². The van der Waals surface area contributed by atoms with Crippen LogP contribution in [0.5, 0.6) is 0 Å². The Bertz CT molecular complexity index is 335. The van der Waals surface area contributed by atoms with E-state index in [1.807, 2.05) is 12.1 Å². The van der Waals surface area contributed by atoms with Gasteiger partial charge >= 0.3 is 0 Å². The summed E-state index contributed by atoms with van der Waals surface area (Å²) in [7, 11) is 0. The van der Waals surface area contributed by atoms with Crippen LogP contribution in [0.15, 0.2) is 18.2 Å². The predicted octanol–water partition coefficient (Wildman–Crippen LogP) is 2.96. The third kappa shape index (κ3) is 1.55. The van der Waals surface area contributed by atoms with Gasteiger partial charge in [0.1, 0.15) is 0 Å². The Hall–Kier alpha value is -0.530. The van der Waals surface area contributed by atoms with Crippen LogP contribution < -0.4 is 5.73 Å². The number of benzene rings is 1. The first-order valence-electron chi connectivity index (χ1n) is 5.21. The van der Waals surface area contributed by atoms with Crippen molar-refractivity contribution in [1.29, 1.82) is 0 Å². The van der Waals surface area contributed by atoms with Crippen molar-refractivity contribution < 1.29 is 0 Å². The molecule has 76 valence electrons. The fraction of sp³-hybridized carbons (Fsp3) is 0.500. The van der Waals surface area contributed by atoms with Gasteiger partial charge < -0.3 is 5.73 Å². The van der Waals surface area contributed by atoms with E-state index in [1.165, 1.54) is 17.5 Å². The Morgan fingerprint density at radius 2 is 2.29 bits per heavy atom. The number of halogens is 1. The minimum Gasteiger partial charge on any atom is -0.330 e. The van der Waals surface area contributed by atoms with Crippen molar-refractivity contribution in [3.63, 3.8) is 0 Å². The minimum absolute atomic E-state index is 0.498. The molecular weight excluding hydrogens is 194 g/mol. The van der Waals surface area contributed by atoms with Gasteiger partial charge in [-0.1, -0.05) is 30.7 Å². The average molecular weight is 210 g/mol. The number of rotatable bonds is 1. The van der Waals surface area contributed by atoms with Crippen molar-refractivity contribution in [2.24, 2.45) is 11.7 Å². The van der Waals surface area contributed by atoms with Gasteiger partial charge in [0.25, 0.3) is 0 Å². The lowest BCUT2D eigenvalue weighted by Gasteiger charge is -2.31. The lowest BCUT2D eigenvalue weighted by molar-refractivity contribution is 0.409. The van der Waals surface area contributed by atoms with Crippen LogP contribution in [-0.4, -0.2) is 6.54 Å². The summed E-state index contributed by atoms with van der Waals surface area (Å²) < 4.78 is 0. The summed E-state index contributed by atoms with van der Waals surface area (Å²) in [6.07, 6.45) is 2.31. The van der Waals surface area contributed by atoms with Crippen LogP contribution in [0.25, 0.3) is 0 Å². The SMILES string of the molecule is CC1CCc2c(Cl)cccc2C1CN. The van der Waals surface area contributed by atoms with Crippen LogP contribution in [0.4, 0.5) is 0 Å². The second-order valence-electron chi connectivity index (χ2n) is 4.17. The molecule has 0 heterocycles. The molecule has 0 bridgehead atoms. The Kier molecular flexibility index (Phi) is 2.80. The van der Waals surface area contributed by atoms with E-state index in [2.05, 4.69) is 13.0 Å². The number of hydrogen-bond acceptors (Lipinski definition) is 1.